The van der Waals surface area contributed by atoms with Gasteiger partial charge in [-0.15, -0.1) is 45.3 Å². The van der Waals surface area contributed by atoms with Crippen molar-refractivity contribution < 1.29 is 0 Å². The number of hydrogen-bond donors (Lipinski definition) is 0. The highest BCUT2D eigenvalue weighted by atomic mass is 32.1. The first-order valence-electron chi connectivity index (χ1n) is 14.7. The summed E-state index contributed by atoms with van der Waals surface area (Å²) in [6.07, 6.45) is 13.0. The molecule has 0 fully saturated rings. The zero-order valence-electron chi connectivity index (χ0n) is 23.5. The van der Waals surface area contributed by atoms with Crippen LogP contribution < -0.4 is 0 Å². The second-order valence-corrected chi connectivity index (χ2v) is 14.6. The molecule has 0 nitrogen and oxygen atoms in total. The fourth-order valence-corrected chi connectivity index (χ4v) is 9.98. The molecular weight excluding hydrogens is 537 g/mol. The van der Waals surface area contributed by atoms with Crippen molar-refractivity contribution in [3.05, 3.63) is 56.9 Å². The quantitative estimate of drug-likeness (QED) is 0.123. The summed E-state index contributed by atoms with van der Waals surface area (Å²) in [4.78, 5) is 2.89. The maximum atomic E-state index is 2.51. The van der Waals surface area contributed by atoms with Gasteiger partial charge < -0.3 is 0 Å². The molecule has 4 heterocycles. The molecule has 4 aromatic heterocycles. The van der Waals surface area contributed by atoms with E-state index in [0.717, 1.165) is 11.8 Å². The molecule has 0 radical (unpaired) electrons. The minimum absolute atomic E-state index is 0.810. The molecular formula is C34H42S4. The monoisotopic (exact) mass is 578 g/mol. The van der Waals surface area contributed by atoms with Crippen LogP contribution in [0.4, 0.5) is 0 Å². The predicted molar refractivity (Wildman–Crippen MR) is 178 cm³/mol. The Labute approximate surface area is 245 Å². The van der Waals surface area contributed by atoms with E-state index in [4.69, 9.17) is 0 Å². The van der Waals surface area contributed by atoms with Crippen LogP contribution in [0.15, 0.2) is 45.8 Å². The zero-order chi connectivity index (χ0) is 26.5. The number of unbranched alkanes of at least 4 members (excludes halogenated alkanes) is 2. The van der Waals surface area contributed by atoms with Crippen LogP contribution in [0, 0.1) is 11.8 Å². The Bertz CT molecular complexity index is 1280. The molecule has 202 valence electrons. The molecule has 0 aliphatic rings. The summed E-state index contributed by atoms with van der Waals surface area (Å²) in [6, 6.07) is 9.77. The van der Waals surface area contributed by atoms with Crippen molar-refractivity contribution in [2.45, 2.75) is 91.9 Å². The second-order valence-electron chi connectivity index (χ2n) is 11.0. The van der Waals surface area contributed by atoms with Gasteiger partial charge >= 0.3 is 0 Å². The van der Waals surface area contributed by atoms with Gasteiger partial charge in [-0.2, -0.15) is 0 Å². The van der Waals surface area contributed by atoms with E-state index in [2.05, 4.69) is 73.5 Å². The van der Waals surface area contributed by atoms with Gasteiger partial charge in [0.15, 0.2) is 0 Å². The zero-order valence-corrected chi connectivity index (χ0v) is 26.7. The lowest BCUT2D eigenvalue weighted by Crippen LogP contribution is -2.02. The SMILES string of the molecule is CCCCC(CC)Cc1csc(-c2c3ccsc3c(-c3cc(CC(CC)CCCC)cs3)c3ccsc23)c1. The summed E-state index contributed by atoms with van der Waals surface area (Å²) in [6.45, 7) is 9.34. The van der Waals surface area contributed by atoms with E-state index >= 15 is 0 Å². The van der Waals surface area contributed by atoms with E-state index in [1.807, 2.05) is 45.3 Å². The normalized spacial score (nSPS) is 13.6. The van der Waals surface area contributed by atoms with Gasteiger partial charge in [0.1, 0.15) is 0 Å². The minimum atomic E-state index is 0.810. The van der Waals surface area contributed by atoms with Crippen molar-refractivity contribution in [3.8, 4) is 20.9 Å². The lowest BCUT2D eigenvalue weighted by Gasteiger charge is -2.13. The van der Waals surface area contributed by atoms with E-state index in [9.17, 15) is 0 Å². The third-order valence-corrected chi connectivity index (χ3v) is 12.1. The molecule has 0 N–H and O–H groups in total. The molecule has 0 spiro atoms. The first kappa shape index (κ1) is 28.1. The molecule has 0 saturated carbocycles. The maximum Gasteiger partial charge on any atom is 0.0442 e. The molecule has 0 bridgehead atoms. The Balaban J connectivity index is 1.50. The molecule has 1 aromatic carbocycles. The van der Waals surface area contributed by atoms with Gasteiger partial charge in [-0.25, -0.2) is 0 Å². The molecule has 0 aliphatic heterocycles. The number of rotatable bonds is 14. The lowest BCUT2D eigenvalue weighted by atomic mass is 9.92. The number of thiophene rings is 4. The van der Waals surface area contributed by atoms with Crippen molar-refractivity contribution in [1.82, 2.24) is 0 Å². The summed E-state index contributed by atoms with van der Waals surface area (Å²) in [5.74, 6) is 1.62. The highest BCUT2D eigenvalue weighted by molar-refractivity contribution is 7.22. The van der Waals surface area contributed by atoms with Crippen molar-refractivity contribution in [2.75, 3.05) is 0 Å². The molecule has 0 aliphatic carbocycles. The van der Waals surface area contributed by atoms with Gasteiger partial charge in [0, 0.05) is 41.1 Å². The van der Waals surface area contributed by atoms with E-state index in [0.29, 0.717) is 0 Å². The highest BCUT2D eigenvalue weighted by Gasteiger charge is 2.21. The Morgan fingerprint density at radius 1 is 0.605 bits per heavy atom. The topological polar surface area (TPSA) is 0 Å². The lowest BCUT2D eigenvalue weighted by molar-refractivity contribution is 0.449. The van der Waals surface area contributed by atoms with Crippen molar-refractivity contribution in [1.29, 1.82) is 0 Å². The second kappa shape index (κ2) is 13.3. The fourth-order valence-electron chi connectivity index (χ4n) is 5.91. The number of hydrogen-bond acceptors (Lipinski definition) is 4. The molecule has 4 heteroatoms. The average molecular weight is 579 g/mol. The summed E-state index contributed by atoms with van der Waals surface area (Å²) < 4.78 is 2.92. The van der Waals surface area contributed by atoms with Gasteiger partial charge in [0.25, 0.3) is 0 Å². The van der Waals surface area contributed by atoms with Crippen LogP contribution in [0.5, 0.6) is 0 Å². The Kier molecular flexibility index (Phi) is 9.80. The van der Waals surface area contributed by atoms with Crippen molar-refractivity contribution in [2.24, 2.45) is 11.8 Å². The minimum Gasteiger partial charge on any atom is -0.143 e. The summed E-state index contributed by atoms with van der Waals surface area (Å²) in [7, 11) is 0. The number of fused-ring (bicyclic) bond motifs is 2. The highest BCUT2D eigenvalue weighted by Crippen LogP contribution is 2.50. The van der Waals surface area contributed by atoms with Crippen LogP contribution in [0.1, 0.15) is 90.2 Å². The van der Waals surface area contributed by atoms with Gasteiger partial charge in [0.05, 0.1) is 0 Å². The summed E-state index contributed by atoms with van der Waals surface area (Å²) in [5, 5.41) is 12.4. The van der Waals surface area contributed by atoms with Gasteiger partial charge in [-0.3, -0.25) is 0 Å². The summed E-state index contributed by atoms with van der Waals surface area (Å²) >= 11 is 7.74. The molecule has 5 rings (SSSR count). The van der Waals surface area contributed by atoms with Crippen LogP contribution in [0.3, 0.4) is 0 Å². The van der Waals surface area contributed by atoms with Gasteiger partial charge in [-0.05, 0) is 81.6 Å². The first-order chi connectivity index (χ1) is 18.7. The van der Waals surface area contributed by atoms with Gasteiger partial charge in [0.2, 0.25) is 0 Å². The maximum absolute atomic E-state index is 2.51. The van der Waals surface area contributed by atoms with E-state index in [-0.39, 0.29) is 0 Å². The fraction of sp³-hybridized carbons (Fsp3) is 0.471. The Hall–Kier alpha value is -1.46. The predicted octanol–water partition coefficient (Wildman–Crippen LogP) is 13.1. The van der Waals surface area contributed by atoms with Gasteiger partial charge in [-0.1, -0.05) is 79.1 Å². The van der Waals surface area contributed by atoms with Crippen LogP contribution in [0.2, 0.25) is 0 Å². The average Bonchev–Trinajstić information content (AvgIpc) is 3.75. The van der Waals surface area contributed by atoms with Crippen LogP contribution in [-0.4, -0.2) is 0 Å². The standard InChI is InChI=1S/C34H42S4/c1-5-9-11-23(7-3)17-25-19-29(37-21-25)31-27-13-15-36-34(27)32(28-14-16-35-33(28)31)30-20-26(22-38-30)18-24(8-4)12-10-6-2/h13-16,19-24H,5-12,17-18H2,1-4H3. The third kappa shape index (κ3) is 5.99. The Morgan fingerprint density at radius 2 is 1.05 bits per heavy atom. The van der Waals surface area contributed by atoms with Crippen LogP contribution in [-0.2, 0) is 12.8 Å². The molecule has 2 unspecified atom stereocenters. The molecule has 38 heavy (non-hydrogen) atoms. The molecule has 0 amide bonds. The molecule has 2 atom stereocenters. The van der Waals surface area contributed by atoms with Crippen LogP contribution in [0.25, 0.3) is 41.1 Å². The first-order valence-corrected chi connectivity index (χ1v) is 18.2. The van der Waals surface area contributed by atoms with E-state index < -0.39 is 0 Å². The van der Waals surface area contributed by atoms with Crippen molar-refractivity contribution >= 4 is 65.5 Å². The van der Waals surface area contributed by atoms with E-state index in [1.54, 1.807) is 0 Å². The van der Waals surface area contributed by atoms with Crippen LogP contribution >= 0.6 is 45.3 Å². The molecule has 0 saturated heterocycles. The largest absolute Gasteiger partial charge is 0.143 e. The smallest absolute Gasteiger partial charge is 0.0442 e. The number of benzene rings is 1. The van der Waals surface area contributed by atoms with Crippen molar-refractivity contribution in [3.63, 3.8) is 0 Å². The summed E-state index contributed by atoms with van der Waals surface area (Å²) in [5.41, 5.74) is 5.99. The molecule has 5 aromatic rings. The Morgan fingerprint density at radius 3 is 1.45 bits per heavy atom. The third-order valence-electron chi connectivity index (χ3n) is 8.26. The van der Waals surface area contributed by atoms with E-state index in [1.165, 1.54) is 116 Å².